The lowest BCUT2D eigenvalue weighted by Crippen LogP contribution is -2.56. The molecule has 2 N–H and O–H groups in total. The summed E-state index contributed by atoms with van der Waals surface area (Å²) < 4.78 is 21.1. The van der Waals surface area contributed by atoms with Gasteiger partial charge in [0.2, 0.25) is 11.8 Å². The summed E-state index contributed by atoms with van der Waals surface area (Å²) in [5, 5.41) is 5.24. The number of carbonyl (C=O) groups is 2. The Morgan fingerprint density at radius 2 is 1.41 bits per heavy atom. The number of ether oxygens (including phenoxy) is 4. The van der Waals surface area contributed by atoms with Gasteiger partial charge in [0.25, 0.3) is 0 Å². The molecule has 170 valence electrons. The van der Waals surface area contributed by atoms with Gasteiger partial charge in [-0.3, -0.25) is 9.59 Å². The summed E-state index contributed by atoms with van der Waals surface area (Å²) >= 11 is 0. The monoisotopic (exact) mass is 440 g/mol. The van der Waals surface area contributed by atoms with Crippen molar-refractivity contribution in [2.45, 2.75) is 31.6 Å². The van der Waals surface area contributed by atoms with E-state index in [0.29, 0.717) is 25.7 Å². The van der Waals surface area contributed by atoms with Crippen LogP contribution in [0.5, 0.6) is 11.5 Å². The van der Waals surface area contributed by atoms with E-state index in [4.69, 9.17) is 18.9 Å². The van der Waals surface area contributed by atoms with E-state index >= 15 is 0 Å². The molecule has 3 fully saturated rings. The van der Waals surface area contributed by atoms with Gasteiger partial charge in [0.05, 0.1) is 19.8 Å². The molecule has 8 nitrogen and oxygen atoms in total. The first-order valence-corrected chi connectivity index (χ1v) is 10.8. The third-order valence-corrected chi connectivity index (χ3v) is 5.14. The van der Waals surface area contributed by atoms with Crippen LogP contribution < -0.4 is 20.1 Å². The second-order valence-corrected chi connectivity index (χ2v) is 8.03. The van der Waals surface area contributed by atoms with Crippen LogP contribution >= 0.6 is 0 Å². The van der Waals surface area contributed by atoms with Crippen LogP contribution in [0.1, 0.15) is 11.1 Å². The number of hydrogen-bond donors (Lipinski definition) is 2. The summed E-state index contributed by atoms with van der Waals surface area (Å²) in [6.45, 7) is 5.00. The number of piperazine rings is 1. The minimum absolute atomic E-state index is 0.0609. The minimum atomic E-state index is -0.497. The fraction of sp³-hybridized carbons (Fsp3) is 0.417. The van der Waals surface area contributed by atoms with Crippen molar-refractivity contribution in [1.29, 1.82) is 0 Å². The van der Waals surface area contributed by atoms with Gasteiger partial charge in [0, 0.05) is 6.42 Å². The Hall–Kier alpha value is -3.10. The highest BCUT2D eigenvalue weighted by molar-refractivity contribution is 5.94. The molecular formula is C24H28N2O6. The van der Waals surface area contributed by atoms with Gasteiger partial charge in [-0.1, -0.05) is 29.8 Å². The van der Waals surface area contributed by atoms with E-state index in [9.17, 15) is 9.59 Å². The number of hydrogen-bond acceptors (Lipinski definition) is 6. The van der Waals surface area contributed by atoms with E-state index in [0.717, 1.165) is 30.3 Å². The van der Waals surface area contributed by atoms with Crippen LogP contribution in [-0.4, -0.2) is 63.0 Å². The predicted molar refractivity (Wildman–Crippen MR) is 117 cm³/mol. The lowest BCUT2D eigenvalue weighted by Gasteiger charge is -2.23. The lowest BCUT2D eigenvalue weighted by atomic mass is 10.0. The summed E-state index contributed by atoms with van der Waals surface area (Å²) in [6, 6.07) is 15.1. The summed E-state index contributed by atoms with van der Waals surface area (Å²) in [5.41, 5.74) is 2.23. The summed E-state index contributed by atoms with van der Waals surface area (Å²) in [7, 11) is 0. The molecule has 0 aromatic heterocycles. The van der Waals surface area contributed by atoms with Crippen molar-refractivity contribution in [1.82, 2.24) is 10.6 Å². The summed E-state index contributed by atoms with van der Waals surface area (Å²) in [6.07, 6.45) is 1.05. The molecule has 3 saturated heterocycles. The van der Waals surface area contributed by atoms with Gasteiger partial charge in [0.1, 0.15) is 43.0 Å². The smallest absolute Gasteiger partial charge is 0.243 e. The number of benzene rings is 2. The zero-order valence-corrected chi connectivity index (χ0v) is 18.0. The Morgan fingerprint density at radius 1 is 0.875 bits per heavy atom. The van der Waals surface area contributed by atoms with E-state index in [2.05, 4.69) is 17.6 Å². The number of rotatable bonds is 8. The third-order valence-electron chi connectivity index (χ3n) is 5.14. The molecule has 5 rings (SSSR count). The normalized spacial score (nSPS) is 23.2. The third kappa shape index (κ3) is 7.25. The SMILES string of the molecule is Cc1ccc(OCC2CO2)cc1.O=C1CNC(=O)C(Cc2ccc(OCC3CO3)cc2)N1. The molecule has 32 heavy (non-hydrogen) atoms. The van der Waals surface area contributed by atoms with Crippen LogP contribution in [0.25, 0.3) is 0 Å². The van der Waals surface area contributed by atoms with E-state index in [1.165, 1.54) is 5.56 Å². The van der Waals surface area contributed by atoms with Gasteiger partial charge in [-0.05, 0) is 36.8 Å². The lowest BCUT2D eigenvalue weighted by molar-refractivity contribution is -0.133. The molecule has 0 spiro atoms. The molecular weight excluding hydrogens is 412 g/mol. The number of aryl methyl sites for hydroxylation is 1. The van der Waals surface area contributed by atoms with Crippen LogP contribution in [0.15, 0.2) is 48.5 Å². The quantitative estimate of drug-likeness (QED) is 0.602. The summed E-state index contributed by atoms with van der Waals surface area (Å²) in [4.78, 5) is 22.9. The first kappa shape index (κ1) is 22.1. The van der Waals surface area contributed by atoms with Gasteiger partial charge in [-0.25, -0.2) is 0 Å². The van der Waals surface area contributed by atoms with Crippen LogP contribution in [0, 0.1) is 6.92 Å². The van der Waals surface area contributed by atoms with Gasteiger partial charge in [-0.2, -0.15) is 0 Å². The topological polar surface area (TPSA) is 102 Å². The number of amides is 2. The summed E-state index contributed by atoms with van der Waals surface area (Å²) in [5.74, 6) is 1.41. The van der Waals surface area contributed by atoms with Crippen LogP contribution in [0.3, 0.4) is 0 Å². The molecule has 2 aromatic rings. The molecule has 3 aliphatic rings. The second-order valence-electron chi connectivity index (χ2n) is 8.03. The number of nitrogens with one attached hydrogen (secondary N) is 2. The fourth-order valence-corrected chi connectivity index (χ4v) is 3.04. The van der Waals surface area contributed by atoms with Crippen molar-refractivity contribution in [2.24, 2.45) is 0 Å². The maximum absolute atomic E-state index is 11.6. The van der Waals surface area contributed by atoms with Crippen molar-refractivity contribution in [3.63, 3.8) is 0 Å². The predicted octanol–water partition coefficient (Wildman–Crippen LogP) is 1.39. The number of carbonyl (C=O) groups excluding carboxylic acids is 2. The van der Waals surface area contributed by atoms with Crippen molar-refractivity contribution in [3.8, 4) is 11.5 Å². The molecule has 0 radical (unpaired) electrons. The highest BCUT2D eigenvalue weighted by atomic mass is 16.6. The van der Waals surface area contributed by atoms with Crippen molar-refractivity contribution < 1.29 is 28.5 Å². The zero-order valence-electron chi connectivity index (χ0n) is 18.0. The molecule has 0 aliphatic carbocycles. The highest BCUT2D eigenvalue weighted by Crippen LogP contribution is 2.17. The molecule has 3 heterocycles. The largest absolute Gasteiger partial charge is 0.491 e. The van der Waals surface area contributed by atoms with Crippen molar-refractivity contribution >= 4 is 11.8 Å². The highest BCUT2D eigenvalue weighted by Gasteiger charge is 2.26. The Morgan fingerprint density at radius 3 is 1.94 bits per heavy atom. The molecule has 0 saturated carbocycles. The molecule has 0 bridgehead atoms. The van der Waals surface area contributed by atoms with E-state index in [-0.39, 0.29) is 24.5 Å². The molecule has 2 aromatic carbocycles. The van der Waals surface area contributed by atoms with Crippen LogP contribution in [0.4, 0.5) is 0 Å². The number of epoxide rings is 2. The molecule has 2 amide bonds. The molecule has 3 atom stereocenters. The fourth-order valence-electron chi connectivity index (χ4n) is 3.04. The van der Waals surface area contributed by atoms with Crippen molar-refractivity contribution in [2.75, 3.05) is 33.0 Å². The standard InChI is InChI=1S/C14H16N2O4.C10H12O2/c17-13-6-15-14(18)12(16-13)5-9-1-3-10(4-2-9)19-7-11-8-20-11;1-8-2-4-9(5-3-8)11-6-10-7-12-10/h1-4,11-12H,5-8H2,(H,15,18)(H,16,17);2-5,10H,6-7H2,1H3. The van der Waals surface area contributed by atoms with Gasteiger partial charge in [-0.15, -0.1) is 0 Å². The Labute approximate surface area is 187 Å². The van der Waals surface area contributed by atoms with Crippen LogP contribution in [0.2, 0.25) is 0 Å². The maximum atomic E-state index is 11.6. The van der Waals surface area contributed by atoms with Gasteiger partial charge in [0.15, 0.2) is 0 Å². The van der Waals surface area contributed by atoms with Gasteiger partial charge < -0.3 is 29.6 Å². The Bertz CT molecular complexity index is 907. The first-order valence-electron chi connectivity index (χ1n) is 10.8. The van der Waals surface area contributed by atoms with E-state index in [1.54, 1.807) is 0 Å². The minimum Gasteiger partial charge on any atom is -0.491 e. The van der Waals surface area contributed by atoms with E-state index in [1.807, 2.05) is 48.5 Å². The van der Waals surface area contributed by atoms with Crippen LogP contribution in [-0.2, 0) is 25.5 Å². The first-order chi connectivity index (χ1) is 15.5. The Balaban J connectivity index is 0.000000174. The Kier molecular flexibility index (Phi) is 7.24. The van der Waals surface area contributed by atoms with E-state index < -0.39 is 6.04 Å². The van der Waals surface area contributed by atoms with Crippen molar-refractivity contribution in [3.05, 3.63) is 59.7 Å². The van der Waals surface area contributed by atoms with Gasteiger partial charge >= 0.3 is 0 Å². The molecule has 3 unspecified atom stereocenters. The molecule has 8 heteroatoms. The average Bonchev–Trinajstić information content (AvgIpc) is 3.71. The zero-order chi connectivity index (χ0) is 22.3. The second kappa shape index (κ2) is 10.5. The average molecular weight is 440 g/mol. The molecule has 3 aliphatic heterocycles. The maximum Gasteiger partial charge on any atom is 0.243 e.